The van der Waals surface area contributed by atoms with Crippen LogP contribution in [0.4, 0.5) is 10.5 Å². The fourth-order valence-electron chi connectivity index (χ4n) is 2.88. The summed E-state index contributed by atoms with van der Waals surface area (Å²) in [4.78, 5) is 27.3. The van der Waals surface area contributed by atoms with Crippen LogP contribution in [0, 0.1) is 10.1 Å². The van der Waals surface area contributed by atoms with Crippen LogP contribution in [0.15, 0.2) is 34.2 Å². The van der Waals surface area contributed by atoms with Crippen LogP contribution in [0.1, 0.15) is 19.8 Å². The Balaban J connectivity index is 0.00000480. The third kappa shape index (κ3) is 8.45. The first-order valence-electron chi connectivity index (χ1n) is 9.45. The van der Waals surface area contributed by atoms with Gasteiger partial charge in [0, 0.05) is 37.8 Å². The minimum Gasteiger partial charge on any atom is -0.450 e. The number of nitrogens with zero attached hydrogens (tertiary/aromatic N) is 3. The molecule has 12 nitrogen and oxygen atoms in total. The number of sulfonamides is 1. The Hall–Kier alpha value is -2.20. The fourth-order valence-corrected chi connectivity index (χ4v) is 3.94. The second-order valence-corrected chi connectivity index (χ2v) is 8.29. The second kappa shape index (κ2) is 12.6. The smallest absolute Gasteiger partial charge is 0.409 e. The van der Waals surface area contributed by atoms with Crippen LogP contribution in [0.3, 0.4) is 0 Å². The van der Waals surface area contributed by atoms with Gasteiger partial charge in [-0.1, -0.05) is 6.07 Å². The number of nitro benzene ring substituents is 1. The molecule has 1 fully saturated rings. The number of guanidine groups is 1. The highest BCUT2D eigenvalue weighted by Gasteiger charge is 2.23. The van der Waals surface area contributed by atoms with Gasteiger partial charge < -0.3 is 20.7 Å². The molecule has 0 aromatic heterocycles. The first-order chi connectivity index (χ1) is 14.2. The van der Waals surface area contributed by atoms with Crippen LogP contribution in [-0.2, 0) is 14.8 Å². The van der Waals surface area contributed by atoms with Crippen molar-refractivity contribution < 1.29 is 22.9 Å². The van der Waals surface area contributed by atoms with Crippen molar-refractivity contribution in [3.63, 3.8) is 0 Å². The van der Waals surface area contributed by atoms with E-state index in [1.807, 2.05) is 0 Å². The number of nitrogens with one attached hydrogen (secondary N) is 2. The zero-order valence-corrected chi connectivity index (χ0v) is 20.2. The number of hydrogen-bond acceptors (Lipinski definition) is 7. The molecule has 1 aliphatic rings. The van der Waals surface area contributed by atoms with E-state index in [0.717, 1.165) is 6.07 Å². The van der Waals surface area contributed by atoms with Gasteiger partial charge in [-0.15, -0.1) is 24.0 Å². The molecule has 0 aliphatic carbocycles. The van der Waals surface area contributed by atoms with E-state index in [4.69, 9.17) is 10.5 Å². The SMILES string of the molecule is CCOC(=O)N1CCC(NC(N)=NCCNS(=O)(=O)c2cccc([N+](=O)[O-])c2)CC1.I. The molecule has 0 atom stereocenters. The molecule has 174 valence electrons. The molecular formula is C17H27IN6O6S. The van der Waals surface area contributed by atoms with E-state index in [1.54, 1.807) is 11.8 Å². The van der Waals surface area contributed by atoms with E-state index in [1.165, 1.54) is 18.2 Å². The lowest BCUT2D eigenvalue weighted by molar-refractivity contribution is -0.385. The predicted molar refractivity (Wildman–Crippen MR) is 125 cm³/mol. The molecule has 1 heterocycles. The number of carbonyl (C=O) groups is 1. The van der Waals surface area contributed by atoms with Crippen molar-refractivity contribution in [2.24, 2.45) is 10.7 Å². The number of ether oxygens (including phenoxy) is 1. The average molecular weight is 570 g/mol. The van der Waals surface area contributed by atoms with Gasteiger partial charge in [-0.25, -0.2) is 17.9 Å². The van der Waals surface area contributed by atoms with Crippen molar-refractivity contribution in [2.45, 2.75) is 30.7 Å². The summed E-state index contributed by atoms with van der Waals surface area (Å²) in [6.45, 7) is 3.26. The van der Waals surface area contributed by atoms with Crippen LogP contribution in [0.25, 0.3) is 0 Å². The predicted octanol–water partition coefficient (Wildman–Crippen LogP) is 1.02. The van der Waals surface area contributed by atoms with Gasteiger partial charge in [-0.2, -0.15) is 0 Å². The van der Waals surface area contributed by atoms with E-state index < -0.39 is 14.9 Å². The summed E-state index contributed by atoms with van der Waals surface area (Å²) >= 11 is 0. The van der Waals surface area contributed by atoms with Crippen LogP contribution in [-0.4, -0.2) is 69.1 Å². The Labute approximate surface area is 197 Å². The van der Waals surface area contributed by atoms with E-state index in [9.17, 15) is 23.3 Å². The second-order valence-electron chi connectivity index (χ2n) is 6.52. The molecule has 4 N–H and O–H groups in total. The van der Waals surface area contributed by atoms with Gasteiger partial charge in [0.15, 0.2) is 5.96 Å². The molecule has 1 aliphatic heterocycles. The Bertz CT molecular complexity index is 889. The van der Waals surface area contributed by atoms with E-state index in [0.29, 0.717) is 32.5 Å². The number of carbonyl (C=O) groups excluding carboxylic acids is 1. The maximum atomic E-state index is 12.2. The monoisotopic (exact) mass is 570 g/mol. The minimum atomic E-state index is -3.89. The topological polar surface area (TPSA) is 169 Å². The summed E-state index contributed by atoms with van der Waals surface area (Å²) in [7, 11) is -3.89. The quantitative estimate of drug-likeness (QED) is 0.104. The summed E-state index contributed by atoms with van der Waals surface area (Å²) in [5, 5.41) is 13.8. The van der Waals surface area contributed by atoms with Crippen molar-refractivity contribution in [1.29, 1.82) is 0 Å². The molecule has 0 saturated carbocycles. The van der Waals surface area contributed by atoms with Gasteiger partial charge in [0.05, 0.1) is 23.0 Å². The maximum absolute atomic E-state index is 12.2. The first kappa shape index (κ1) is 26.8. The zero-order chi connectivity index (χ0) is 22.1. The Morgan fingerprint density at radius 2 is 2.06 bits per heavy atom. The van der Waals surface area contributed by atoms with Gasteiger partial charge in [0.2, 0.25) is 10.0 Å². The third-order valence-electron chi connectivity index (χ3n) is 4.40. The number of aliphatic imine (C=N–C) groups is 1. The Kier molecular flexibility index (Phi) is 10.9. The molecule has 0 spiro atoms. The first-order valence-corrected chi connectivity index (χ1v) is 10.9. The Morgan fingerprint density at radius 3 is 2.68 bits per heavy atom. The van der Waals surface area contributed by atoms with E-state index in [-0.39, 0.29) is 65.7 Å². The number of nitrogens with two attached hydrogens (primary N) is 1. The number of amides is 1. The molecular weight excluding hydrogens is 543 g/mol. The molecule has 0 unspecified atom stereocenters. The van der Waals surface area contributed by atoms with Crippen LogP contribution in [0.2, 0.25) is 0 Å². The van der Waals surface area contributed by atoms with Gasteiger partial charge >= 0.3 is 6.09 Å². The molecule has 0 bridgehead atoms. The van der Waals surface area contributed by atoms with Gasteiger partial charge in [0.1, 0.15) is 0 Å². The lowest BCUT2D eigenvalue weighted by atomic mass is 10.1. The highest BCUT2D eigenvalue weighted by atomic mass is 127. The zero-order valence-electron chi connectivity index (χ0n) is 17.0. The number of halogens is 1. The molecule has 1 saturated heterocycles. The van der Waals surface area contributed by atoms with Gasteiger partial charge in [0.25, 0.3) is 5.69 Å². The summed E-state index contributed by atoms with van der Waals surface area (Å²) in [5.74, 6) is 0.180. The van der Waals surface area contributed by atoms with Crippen molar-refractivity contribution in [2.75, 3.05) is 32.8 Å². The molecule has 14 heteroatoms. The standard InChI is InChI=1S/C17H26N6O6S.HI/c1-2-29-17(24)22-10-6-13(7-11-22)21-16(18)19-8-9-20-30(27,28)15-5-3-4-14(12-15)23(25)26;/h3-5,12-13,20H,2,6-11H2,1H3,(H3,18,19,21);1H. The molecule has 1 amide bonds. The largest absolute Gasteiger partial charge is 0.450 e. The molecule has 2 rings (SSSR count). The van der Waals surface area contributed by atoms with Crippen molar-refractivity contribution in [1.82, 2.24) is 14.9 Å². The fraction of sp³-hybridized carbons (Fsp3) is 0.529. The lowest BCUT2D eigenvalue weighted by Gasteiger charge is -2.31. The summed E-state index contributed by atoms with van der Waals surface area (Å²) in [6, 6.07) is 4.84. The summed E-state index contributed by atoms with van der Waals surface area (Å²) in [5.41, 5.74) is 5.54. The van der Waals surface area contributed by atoms with Crippen LogP contribution in [0.5, 0.6) is 0 Å². The number of hydrogen-bond donors (Lipinski definition) is 3. The minimum absolute atomic E-state index is 0. The molecule has 1 aromatic carbocycles. The molecule has 31 heavy (non-hydrogen) atoms. The number of benzene rings is 1. The van der Waals surface area contributed by atoms with Gasteiger partial charge in [-0.05, 0) is 25.8 Å². The maximum Gasteiger partial charge on any atom is 0.409 e. The van der Waals surface area contributed by atoms with Crippen molar-refractivity contribution >= 4 is 51.7 Å². The molecule has 0 radical (unpaired) electrons. The average Bonchev–Trinajstić information content (AvgIpc) is 2.72. The number of rotatable bonds is 8. The van der Waals surface area contributed by atoms with Crippen LogP contribution < -0.4 is 15.8 Å². The lowest BCUT2D eigenvalue weighted by Crippen LogP contribution is -2.48. The van der Waals surface area contributed by atoms with Crippen molar-refractivity contribution in [3.05, 3.63) is 34.4 Å². The Morgan fingerprint density at radius 1 is 1.39 bits per heavy atom. The normalized spacial score (nSPS) is 15.1. The van der Waals surface area contributed by atoms with E-state index >= 15 is 0 Å². The number of nitro groups is 1. The molecule has 1 aromatic rings. The van der Waals surface area contributed by atoms with Crippen LogP contribution >= 0.6 is 24.0 Å². The highest BCUT2D eigenvalue weighted by molar-refractivity contribution is 14.0. The van der Waals surface area contributed by atoms with E-state index in [2.05, 4.69) is 15.0 Å². The van der Waals surface area contributed by atoms with Crippen molar-refractivity contribution in [3.8, 4) is 0 Å². The summed E-state index contributed by atoms with van der Waals surface area (Å²) < 4.78 is 31.8. The highest BCUT2D eigenvalue weighted by Crippen LogP contribution is 2.17. The van der Waals surface area contributed by atoms with Gasteiger partial charge in [-0.3, -0.25) is 15.1 Å². The summed E-state index contributed by atoms with van der Waals surface area (Å²) in [6.07, 6.45) is 1.05. The number of piperidine rings is 1. The number of likely N-dealkylation sites (tertiary alicyclic amines) is 1. The third-order valence-corrected chi connectivity index (χ3v) is 5.86. The number of non-ortho nitro benzene ring substituents is 1.